The number of hydrogen-bond donors (Lipinski definition) is 10. The molecule has 25 nitrogen and oxygen atoms in total. The van der Waals surface area contributed by atoms with Gasteiger partial charge in [-0.25, -0.2) is 28.6 Å². The topological polar surface area (TPSA) is 384 Å². The van der Waals surface area contributed by atoms with E-state index in [1.807, 2.05) is 0 Å². The van der Waals surface area contributed by atoms with E-state index >= 15 is 0 Å². The van der Waals surface area contributed by atoms with E-state index in [9.17, 15) is 63.0 Å². The second-order valence-electron chi connectivity index (χ2n) is 21.4. The molecule has 3 rings (SSSR count). The first-order chi connectivity index (χ1) is 40.9. The third kappa shape index (κ3) is 33.0. The minimum atomic E-state index is -5.60. The van der Waals surface area contributed by atoms with Crippen molar-refractivity contribution in [1.82, 2.24) is 30.2 Å². The van der Waals surface area contributed by atoms with Crippen molar-refractivity contribution in [1.29, 1.82) is 0 Å². The number of amides is 2. The van der Waals surface area contributed by atoms with Crippen molar-refractivity contribution in [2.45, 2.75) is 199 Å². The number of nitrogens with zero attached hydrogens (tertiary/aromatic N) is 4. The highest BCUT2D eigenvalue weighted by Gasteiger charge is 2.50. The molecule has 0 aromatic carbocycles. The summed E-state index contributed by atoms with van der Waals surface area (Å²) in [6.07, 6.45) is 41.0. The Morgan fingerprint density at radius 2 is 1.28 bits per heavy atom. The normalized spacial score (nSPS) is 19.2. The predicted octanol–water partition coefficient (Wildman–Crippen LogP) is 9.57. The van der Waals surface area contributed by atoms with Crippen LogP contribution in [-0.2, 0) is 50.7 Å². The number of thioether (sulfide) groups is 1. The number of hydrogen-bond acceptors (Lipinski definition) is 19. The molecule has 2 aromatic heterocycles. The van der Waals surface area contributed by atoms with Gasteiger partial charge >= 0.3 is 23.5 Å². The summed E-state index contributed by atoms with van der Waals surface area (Å²) in [7, 11) is -16.5. The summed E-state index contributed by atoms with van der Waals surface area (Å²) in [5, 5.41) is 36.8. The van der Waals surface area contributed by atoms with Crippen molar-refractivity contribution in [2.75, 3.05) is 37.8 Å². The highest BCUT2D eigenvalue weighted by molar-refractivity contribution is 8.13. The number of ether oxygens (including phenoxy) is 1. The molecule has 11 N–H and O–H groups in total. The highest BCUT2D eigenvalue weighted by atomic mass is 32.2. The van der Waals surface area contributed by atoms with Gasteiger partial charge in [0.1, 0.15) is 36.3 Å². The van der Waals surface area contributed by atoms with Crippen molar-refractivity contribution >= 4 is 69.1 Å². The Balaban J connectivity index is 1.15. The minimum Gasteiger partial charge on any atom is -0.393 e. The maximum Gasteiger partial charge on any atom is 0.481 e. The van der Waals surface area contributed by atoms with Crippen LogP contribution in [0.25, 0.3) is 11.2 Å². The molecule has 0 saturated carbocycles. The smallest absolute Gasteiger partial charge is 0.393 e. The van der Waals surface area contributed by atoms with Crippen molar-refractivity contribution in [3.8, 4) is 0 Å². The van der Waals surface area contributed by atoms with Gasteiger partial charge in [-0.2, -0.15) is 4.31 Å². The molecule has 1 aliphatic rings. The fourth-order valence-electron chi connectivity index (χ4n) is 8.70. The lowest BCUT2D eigenvalue weighted by atomic mass is 9.87. The van der Waals surface area contributed by atoms with E-state index in [4.69, 9.17) is 19.5 Å². The zero-order valence-electron chi connectivity index (χ0n) is 49.9. The Hall–Kier alpha value is -4.04. The van der Waals surface area contributed by atoms with Gasteiger partial charge in [0, 0.05) is 37.1 Å². The average molecular weight is 1290 g/mol. The molecular formula is C57H94N7O18P3S. The molecule has 1 aliphatic heterocycles. The van der Waals surface area contributed by atoms with Crippen molar-refractivity contribution < 1.29 is 85.6 Å². The van der Waals surface area contributed by atoms with Gasteiger partial charge in [0.25, 0.3) is 0 Å². The van der Waals surface area contributed by atoms with Gasteiger partial charge in [-0.05, 0) is 57.8 Å². The summed E-state index contributed by atoms with van der Waals surface area (Å²) in [6.45, 7) is 2.54. The molecule has 2 amide bonds. The zero-order chi connectivity index (χ0) is 63.3. The third-order valence-corrected chi connectivity index (χ3v) is 17.4. The van der Waals surface area contributed by atoms with Gasteiger partial charge in [0.05, 0.1) is 25.6 Å². The number of nitrogens with two attached hydrogens (primary N) is 1. The van der Waals surface area contributed by atoms with Gasteiger partial charge in [-0.3, -0.25) is 32.5 Å². The standard InChI is InChI=1S/C57H94N7O18P3S/c1-4-5-6-7-8-9-10-11-12-13-14-15-16-17-18-19-20-21-22-23-24-25-26-27-28-29-30-31-32-33-34-35-45(65)40-48(67)86-39-38-59-47(66)36-37-60-55(70)52(69)57(2,3)42-79-85(76,77)82-84(74,75)78-41-46-51(81-83(71,72)73)50(68)56(80-46)64-44-63-49-53(58)61-43-62-54(49)64/h5-6,8-9,11-12,14-15,17-18,20-21,43-46,50-52,56,65,68-69H,4,7,10,13,16,19,22-42H2,1-3H3,(H,59,66)(H,60,70)(H,74,75)(H,76,77)(H2,58,61,62)(H2,71,72,73). The number of rotatable bonds is 47. The summed E-state index contributed by atoms with van der Waals surface area (Å²) in [5.41, 5.74) is 4.26. The fraction of sp³-hybridized carbons (Fsp3) is 0.649. The Morgan fingerprint density at radius 3 is 1.85 bits per heavy atom. The largest absolute Gasteiger partial charge is 0.481 e. The molecule has 3 heterocycles. The number of carbonyl (C=O) groups excluding carboxylic acids is 3. The molecule has 1 fully saturated rings. The molecular weight excluding hydrogens is 1200 g/mol. The van der Waals surface area contributed by atoms with E-state index in [1.165, 1.54) is 71.6 Å². The summed E-state index contributed by atoms with van der Waals surface area (Å²) in [4.78, 5) is 88.9. The quantitative estimate of drug-likeness (QED) is 0.0167. The van der Waals surface area contributed by atoms with Crippen LogP contribution in [0, 0.1) is 5.41 Å². The molecule has 8 atom stereocenters. The number of unbranched alkanes of at least 4 members (excludes halogenated alkanes) is 12. The van der Waals surface area contributed by atoms with E-state index in [2.05, 4.69) is 114 Å². The number of imidazole rings is 1. The van der Waals surface area contributed by atoms with Crippen LogP contribution in [0.4, 0.5) is 5.82 Å². The van der Waals surface area contributed by atoms with Crippen molar-refractivity contribution in [2.24, 2.45) is 5.41 Å². The molecule has 486 valence electrons. The minimum absolute atomic E-state index is 0.0169. The lowest BCUT2D eigenvalue weighted by Crippen LogP contribution is -2.46. The van der Waals surface area contributed by atoms with Gasteiger partial charge in [0.15, 0.2) is 22.8 Å². The number of aliphatic hydroxyl groups excluding tert-OH is 3. The molecule has 1 saturated heterocycles. The number of phosphoric acid groups is 3. The van der Waals surface area contributed by atoms with Crippen LogP contribution in [-0.4, -0.2) is 134 Å². The van der Waals surface area contributed by atoms with Crippen LogP contribution in [0.2, 0.25) is 0 Å². The molecule has 0 aliphatic carbocycles. The number of nitrogen functional groups attached to an aromatic ring is 1. The van der Waals surface area contributed by atoms with Crippen LogP contribution in [0.5, 0.6) is 0 Å². The number of aliphatic hydroxyl groups is 3. The van der Waals surface area contributed by atoms with Gasteiger partial charge < -0.3 is 56.0 Å². The first kappa shape index (κ1) is 76.2. The number of allylic oxidation sites excluding steroid dienone is 12. The van der Waals surface area contributed by atoms with E-state index in [-0.39, 0.29) is 53.8 Å². The molecule has 86 heavy (non-hydrogen) atoms. The van der Waals surface area contributed by atoms with Crippen molar-refractivity contribution in [3.63, 3.8) is 0 Å². The van der Waals surface area contributed by atoms with Crippen LogP contribution >= 0.6 is 35.2 Å². The second-order valence-corrected chi connectivity index (χ2v) is 26.8. The number of nitrogens with one attached hydrogen (secondary N) is 2. The number of anilines is 1. The van der Waals surface area contributed by atoms with Gasteiger partial charge in [-0.1, -0.05) is 176 Å². The second kappa shape index (κ2) is 42.0. The molecule has 2 aromatic rings. The van der Waals surface area contributed by atoms with Gasteiger partial charge in [-0.15, -0.1) is 0 Å². The Bertz CT molecular complexity index is 2650. The lowest BCUT2D eigenvalue weighted by Gasteiger charge is -2.30. The Labute approximate surface area is 510 Å². The number of aromatic nitrogens is 4. The summed E-state index contributed by atoms with van der Waals surface area (Å²) in [5.74, 6) is -1.23. The molecule has 8 unspecified atom stereocenters. The van der Waals surface area contributed by atoms with E-state index < -0.39 is 90.7 Å². The summed E-state index contributed by atoms with van der Waals surface area (Å²) in [6, 6.07) is 0. The molecule has 0 spiro atoms. The first-order valence-corrected chi connectivity index (χ1v) is 35.1. The third-order valence-electron chi connectivity index (χ3n) is 13.4. The predicted molar refractivity (Wildman–Crippen MR) is 331 cm³/mol. The van der Waals surface area contributed by atoms with Crippen LogP contribution in [0.3, 0.4) is 0 Å². The fourth-order valence-corrected chi connectivity index (χ4v) is 12.3. The number of phosphoric ester groups is 3. The van der Waals surface area contributed by atoms with E-state index in [1.54, 1.807) is 0 Å². The lowest BCUT2D eigenvalue weighted by molar-refractivity contribution is -0.137. The van der Waals surface area contributed by atoms with Crippen molar-refractivity contribution in [3.05, 3.63) is 85.6 Å². The first-order valence-electron chi connectivity index (χ1n) is 29.6. The van der Waals surface area contributed by atoms with Crippen LogP contribution in [0.15, 0.2) is 85.6 Å². The van der Waals surface area contributed by atoms with E-state index in [0.717, 1.165) is 93.2 Å². The number of fused-ring (bicyclic) bond motifs is 1. The van der Waals surface area contributed by atoms with Crippen LogP contribution < -0.4 is 16.4 Å². The van der Waals surface area contributed by atoms with E-state index in [0.29, 0.717) is 6.42 Å². The van der Waals surface area contributed by atoms with Gasteiger partial charge in [0.2, 0.25) is 11.8 Å². The highest BCUT2D eigenvalue weighted by Crippen LogP contribution is 2.61. The summed E-state index contributed by atoms with van der Waals surface area (Å²) >= 11 is 1.00. The maximum absolute atomic E-state index is 12.8. The molecule has 29 heteroatoms. The average Bonchev–Trinajstić information content (AvgIpc) is 1.67. The maximum atomic E-state index is 12.8. The summed E-state index contributed by atoms with van der Waals surface area (Å²) < 4.78 is 62.6. The monoisotopic (exact) mass is 1290 g/mol. The number of carbonyl (C=O) groups is 3. The Kier molecular flexibility index (Phi) is 37.3. The Morgan fingerprint density at radius 1 is 0.744 bits per heavy atom. The zero-order valence-corrected chi connectivity index (χ0v) is 53.4. The molecule has 0 radical (unpaired) electrons. The van der Waals surface area contributed by atoms with Crippen LogP contribution in [0.1, 0.15) is 168 Å². The SMILES string of the molecule is CCC=CCC=CCC=CCC=CCC=CCC=CCCCCCCCCCCCCCCC(O)CC(=O)SCCNC(=O)CCNC(=O)C(O)C(C)(C)COP(=O)(O)OP(=O)(O)OCC1OC(n2cnc3c(N)ncnc32)C(O)C1OP(=O)(O)O. The molecule has 0 bridgehead atoms.